The van der Waals surface area contributed by atoms with Crippen LogP contribution in [0.1, 0.15) is 47.9 Å². The van der Waals surface area contributed by atoms with E-state index in [4.69, 9.17) is 4.42 Å². The molecule has 0 saturated carbocycles. The van der Waals surface area contributed by atoms with Crippen molar-refractivity contribution < 1.29 is 23.9 Å². The van der Waals surface area contributed by atoms with Gasteiger partial charge in [0.05, 0.1) is 19.2 Å². The van der Waals surface area contributed by atoms with Crippen LogP contribution in [0.3, 0.4) is 0 Å². The molecular formula is C20H22N2O5. The molecule has 3 rings (SSSR count). The Labute approximate surface area is 157 Å². The first kappa shape index (κ1) is 18.7. The number of nitrogens with zero attached hydrogens (tertiary/aromatic N) is 1. The van der Waals surface area contributed by atoms with Crippen molar-refractivity contribution in [3.8, 4) is 0 Å². The van der Waals surface area contributed by atoms with Gasteiger partial charge in [0.1, 0.15) is 6.04 Å². The second-order valence-electron chi connectivity index (χ2n) is 6.57. The van der Waals surface area contributed by atoms with Crippen LogP contribution >= 0.6 is 0 Å². The molecule has 0 aliphatic carbocycles. The van der Waals surface area contributed by atoms with Crippen LogP contribution in [0.15, 0.2) is 41.0 Å². The van der Waals surface area contributed by atoms with Gasteiger partial charge in [-0.25, -0.2) is 4.79 Å². The van der Waals surface area contributed by atoms with E-state index in [0.717, 1.165) is 17.7 Å². The summed E-state index contributed by atoms with van der Waals surface area (Å²) in [5.41, 5.74) is 2.31. The van der Waals surface area contributed by atoms with Crippen molar-refractivity contribution in [2.45, 2.75) is 45.2 Å². The van der Waals surface area contributed by atoms with Gasteiger partial charge in [0, 0.05) is 11.3 Å². The summed E-state index contributed by atoms with van der Waals surface area (Å²) in [6.45, 7) is 2.15. The van der Waals surface area contributed by atoms with E-state index in [9.17, 15) is 19.5 Å². The number of carbonyl (C=O) groups is 3. The number of benzene rings is 1. The first-order chi connectivity index (χ1) is 13.0. The van der Waals surface area contributed by atoms with Gasteiger partial charge in [-0.15, -0.1) is 0 Å². The number of hydrogen-bond donors (Lipinski definition) is 2. The summed E-state index contributed by atoms with van der Waals surface area (Å²) in [7, 11) is 0. The van der Waals surface area contributed by atoms with Crippen LogP contribution in [-0.4, -0.2) is 28.9 Å². The third kappa shape index (κ3) is 4.02. The van der Waals surface area contributed by atoms with Gasteiger partial charge in [-0.05, 0) is 24.1 Å². The molecule has 2 amide bonds. The minimum absolute atomic E-state index is 0.0370. The molecule has 0 spiro atoms. The number of amides is 2. The fourth-order valence-corrected chi connectivity index (χ4v) is 3.21. The Bertz CT molecular complexity index is 858. The van der Waals surface area contributed by atoms with E-state index in [2.05, 4.69) is 5.32 Å². The fourth-order valence-electron chi connectivity index (χ4n) is 3.21. The van der Waals surface area contributed by atoms with E-state index >= 15 is 0 Å². The third-order valence-corrected chi connectivity index (χ3v) is 4.66. The molecule has 2 heterocycles. The normalized spacial score (nSPS) is 14.1. The van der Waals surface area contributed by atoms with Crippen molar-refractivity contribution in [1.29, 1.82) is 0 Å². The van der Waals surface area contributed by atoms with Crippen molar-refractivity contribution in [2.24, 2.45) is 0 Å². The summed E-state index contributed by atoms with van der Waals surface area (Å²) in [5.74, 6) is -1.67. The number of aliphatic carboxylic acids is 1. The van der Waals surface area contributed by atoms with Crippen LogP contribution in [0.5, 0.6) is 0 Å². The number of para-hydroxylation sites is 1. The average Bonchev–Trinajstić information content (AvgIpc) is 3.23. The Morgan fingerprint density at radius 1 is 1.30 bits per heavy atom. The molecule has 1 aliphatic heterocycles. The number of hydrogen-bond acceptors (Lipinski definition) is 4. The number of carboxylic acid groups (broad SMARTS) is 1. The highest BCUT2D eigenvalue weighted by Crippen LogP contribution is 2.30. The molecule has 27 heavy (non-hydrogen) atoms. The van der Waals surface area contributed by atoms with E-state index in [1.165, 1.54) is 6.26 Å². The average molecular weight is 370 g/mol. The van der Waals surface area contributed by atoms with Gasteiger partial charge >= 0.3 is 5.97 Å². The predicted octanol–water partition coefficient (Wildman–Crippen LogP) is 2.74. The van der Waals surface area contributed by atoms with Crippen molar-refractivity contribution in [1.82, 2.24) is 5.32 Å². The molecule has 0 fully saturated rings. The van der Waals surface area contributed by atoms with Gasteiger partial charge in [0.2, 0.25) is 5.91 Å². The molecule has 142 valence electrons. The molecule has 0 unspecified atom stereocenters. The number of furan rings is 1. The van der Waals surface area contributed by atoms with Gasteiger partial charge in [-0.3, -0.25) is 9.59 Å². The van der Waals surface area contributed by atoms with E-state index in [0.29, 0.717) is 24.8 Å². The molecular weight excluding hydrogens is 348 g/mol. The van der Waals surface area contributed by atoms with Gasteiger partial charge in [0.25, 0.3) is 5.91 Å². The van der Waals surface area contributed by atoms with E-state index in [1.54, 1.807) is 11.0 Å². The van der Waals surface area contributed by atoms with E-state index in [-0.39, 0.29) is 18.2 Å². The van der Waals surface area contributed by atoms with Crippen molar-refractivity contribution >= 4 is 23.5 Å². The lowest BCUT2D eigenvalue weighted by Crippen LogP contribution is -2.41. The maximum Gasteiger partial charge on any atom is 0.326 e. The molecule has 0 bridgehead atoms. The Kier molecular flexibility index (Phi) is 5.59. The number of carbonyl (C=O) groups excluding carboxylic acids is 2. The van der Waals surface area contributed by atoms with Gasteiger partial charge in [-0.2, -0.15) is 0 Å². The lowest BCUT2D eigenvalue weighted by Gasteiger charge is -2.18. The van der Waals surface area contributed by atoms with Crippen LogP contribution in [0.4, 0.5) is 5.69 Å². The van der Waals surface area contributed by atoms with Crippen molar-refractivity contribution in [2.75, 3.05) is 4.90 Å². The van der Waals surface area contributed by atoms with Crippen LogP contribution in [0.25, 0.3) is 0 Å². The standard InChI is InChI=1S/C20H22N2O5/c1-2-3-7-15(20(25)26)21-19(24)18-14(9-10-27-18)12-22-16-8-5-4-6-13(16)11-17(22)23/h4-6,8-10,15H,2-3,7,11-12H2,1H3,(H,21,24)(H,25,26)/t15-/m0/s1. The molecule has 0 radical (unpaired) electrons. The first-order valence-corrected chi connectivity index (χ1v) is 8.99. The number of fused-ring (bicyclic) bond motifs is 1. The smallest absolute Gasteiger partial charge is 0.326 e. The van der Waals surface area contributed by atoms with Crippen LogP contribution < -0.4 is 10.2 Å². The Morgan fingerprint density at radius 3 is 2.81 bits per heavy atom. The summed E-state index contributed by atoms with van der Waals surface area (Å²) in [5, 5.41) is 11.8. The molecule has 1 aliphatic rings. The van der Waals surface area contributed by atoms with Crippen LogP contribution in [0, 0.1) is 0 Å². The van der Waals surface area contributed by atoms with E-state index in [1.807, 2.05) is 31.2 Å². The Balaban J connectivity index is 1.75. The highest BCUT2D eigenvalue weighted by Gasteiger charge is 2.29. The molecule has 2 aromatic rings. The number of nitrogens with one attached hydrogen (secondary N) is 1. The lowest BCUT2D eigenvalue weighted by atomic mass is 10.1. The molecule has 2 N–H and O–H groups in total. The van der Waals surface area contributed by atoms with Crippen molar-refractivity contribution in [3.63, 3.8) is 0 Å². The predicted molar refractivity (Wildman–Crippen MR) is 98.5 cm³/mol. The molecule has 7 nitrogen and oxygen atoms in total. The summed E-state index contributed by atoms with van der Waals surface area (Å²) >= 11 is 0. The zero-order valence-electron chi connectivity index (χ0n) is 15.1. The summed E-state index contributed by atoms with van der Waals surface area (Å²) in [6.07, 6.45) is 3.58. The van der Waals surface area contributed by atoms with Crippen LogP contribution in [0.2, 0.25) is 0 Å². The fraction of sp³-hybridized carbons (Fsp3) is 0.350. The molecule has 1 atom stereocenters. The summed E-state index contributed by atoms with van der Waals surface area (Å²) in [6, 6.07) is 8.18. The van der Waals surface area contributed by atoms with Gasteiger partial charge in [-0.1, -0.05) is 38.0 Å². The zero-order valence-corrected chi connectivity index (χ0v) is 15.1. The monoisotopic (exact) mass is 370 g/mol. The summed E-state index contributed by atoms with van der Waals surface area (Å²) in [4.78, 5) is 37.8. The topological polar surface area (TPSA) is 99.9 Å². The quantitative estimate of drug-likeness (QED) is 0.744. The molecule has 7 heteroatoms. The van der Waals surface area contributed by atoms with E-state index < -0.39 is 17.9 Å². The maximum absolute atomic E-state index is 12.5. The third-order valence-electron chi connectivity index (χ3n) is 4.66. The summed E-state index contributed by atoms with van der Waals surface area (Å²) < 4.78 is 5.30. The number of anilines is 1. The molecule has 0 saturated heterocycles. The number of unbranched alkanes of at least 4 members (excludes halogenated alkanes) is 1. The largest absolute Gasteiger partial charge is 0.480 e. The first-order valence-electron chi connectivity index (χ1n) is 8.99. The van der Waals surface area contributed by atoms with Gasteiger partial charge in [0.15, 0.2) is 5.76 Å². The highest BCUT2D eigenvalue weighted by molar-refractivity contribution is 6.02. The second-order valence-corrected chi connectivity index (χ2v) is 6.57. The molecule has 1 aromatic carbocycles. The minimum atomic E-state index is -1.08. The SMILES string of the molecule is CCCC[C@H](NC(=O)c1occc1CN1C(=O)Cc2ccccc21)C(=O)O. The molecule has 1 aromatic heterocycles. The highest BCUT2D eigenvalue weighted by atomic mass is 16.4. The number of rotatable bonds is 8. The van der Waals surface area contributed by atoms with Crippen LogP contribution in [-0.2, 0) is 22.6 Å². The lowest BCUT2D eigenvalue weighted by molar-refractivity contribution is -0.139. The number of carboxylic acids is 1. The maximum atomic E-state index is 12.5. The Morgan fingerprint density at radius 2 is 2.07 bits per heavy atom. The van der Waals surface area contributed by atoms with Crippen molar-refractivity contribution in [3.05, 3.63) is 53.5 Å². The minimum Gasteiger partial charge on any atom is -0.480 e. The second kappa shape index (κ2) is 8.07. The zero-order chi connectivity index (χ0) is 19.4. The van der Waals surface area contributed by atoms with Gasteiger partial charge < -0.3 is 19.7 Å². The Hall–Kier alpha value is -3.09.